The third-order valence-corrected chi connectivity index (χ3v) is 2.57. The van der Waals surface area contributed by atoms with E-state index in [1.807, 2.05) is 13.8 Å². The van der Waals surface area contributed by atoms with Gasteiger partial charge in [-0.1, -0.05) is 25.4 Å². The van der Waals surface area contributed by atoms with Crippen LogP contribution in [0.2, 0.25) is 5.02 Å². The maximum atomic E-state index is 11.7. The number of rotatable bonds is 4. The quantitative estimate of drug-likeness (QED) is 0.493. The zero-order valence-corrected chi connectivity index (χ0v) is 10.3. The molecule has 0 aliphatic carbocycles. The van der Waals surface area contributed by atoms with E-state index in [2.05, 4.69) is 0 Å². The second kappa shape index (κ2) is 5.19. The van der Waals surface area contributed by atoms with Gasteiger partial charge in [0.2, 0.25) is 11.6 Å². The fourth-order valence-corrected chi connectivity index (χ4v) is 1.59. The molecule has 0 aliphatic rings. The van der Waals surface area contributed by atoms with Crippen molar-refractivity contribution in [2.24, 2.45) is 5.92 Å². The third kappa shape index (κ3) is 2.97. The Morgan fingerprint density at radius 1 is 1.29 bits per heavy atom. The van der Waals surface area contributed by atoms with E-state index >= 15 is 0 Å². The largest absolute Gasteiger partial charge is 0.504 e. The van der Waals surface area contributed by atoms with Crippen molar-refractivity contribution in [2.75, 3.05) is 0 Å². The molecular weight excluding hydrogens is 244 g/mol. The van der Waals surface area contributed by atoms with Gasteiger partial charge in [0.05, 0.1) is 5.02 Å². The summed E-state index contributed by atoms with van der Waals surface area (Å²) >= 11 is 5.69. The summed E-state index contributed by atoms with van der Waals surface area (Å²) in [5, 5.41) is 18.2. The van der Waals surface area contributed by atoms with Gasteiger partial charge in [-0.05, 0) is 18.1 Å². The van der Waals surface area contributed by atoms with Crippen molar-refractivity contribution in [3.05, 3.63) is 22.7 Å². The summed E-state index contributed by atoms with van der Waals surface area (Å²) in [4.78, 5) is 23.3. The number of hydrogen-bond donors (Lipinski definition) is 2. The van der Waals surface area contributed by atoms with E-state index in [9.17, 15) is 14.7 Å². The Kier molecular flexibility index (Phi) is 4.12. The molecule has 1 aromatic rings. The topological polar surface area (TPSA) is 74.6 Å². The minimum Gasteiger partial charge on any atom is -0.504 e. The number of ketones is 2. The number of carbonyl (C=O) groups excluding carboxylic acids is 2. The van der Waals surface area contributed by atoms with Gasteiger partial charge in [-0.25, -0.2) is 0 Å². The highest BCUT2D eigenvalue weighted by Gasteiger charge is 2.22. The van der Waals surface area contributed by atoms with E-state index in [0.717, 1.165) is 6.07 Å². The van der Waals surface area contributed by atoms with Crippen LogP contribution in [0.25, 0.3) is 0 Å². The van der Waals surface area contributed by atoms with Gasteiger partial charge in [-0.3, -0.25) is 9.59 Å². The van der Waals surface area contributed by atoms with Crippen LogP contribution in [0.15, 0.2) is 12.1 Å². The van der Waals surface area contributed by atoms with E-state index in [0.29, 0.717) is 0 Å². The first-order valence-corrected chi connectivity index (χ1v) is 5.50. The zero-order valence-electron chi connectivity index (χ0n) is 9.53. The lowest BCUT2D eigenvalue weighted by atomic mass is 9.99. The fraction of sp³-hybridized carbons (Fsp3) is 0.333. The van der Waals surface area contributed by atoms with E-state index < -0.39 is 23.1 Å². The predicted octanol–water partition coefficient (Wildman–Crippen LogP) is 2.55. The number of aromatic hydroxyl groups is 2. The lowest BCUT2D eigenvalue weighted by Crippen LogP contribution is -2.16. The molecule has 2 N–H and O–H groups in total. The molecule has 17 heavy (non-hydrogen) atoms. The maximum absolute atomic E-state index is 11.7. The summed E-state index contributed by atoms with van der Waals surface area (Å²) in [7, 11) is 0. The lowest BCUT2D eigenvalue weighted by Gasteiger charge is -2.07. The summed E-state index contributed by atoms with van der Waals surface area (Å²) < 4.78 is 0. The van der Waals surface area contributed by atoms with Crippen LogP contribution >= 0.6 is 11.6 Å². The third-order valence-electron chi connectivity index (χ3n) is 2.19. The van der Waals surface area contributed by atoms with Crippen molar-refractivity contribution in [1.82, 2.24) is 0 Å². The summed E-state index contributed by atoms with van der Waals surface area (Å²) in [6.07, 6.45) is 0.122. The number of phenols is 2. The highest BCUT2D eigenvalue weighted by molar-refractivity contribution is 6.48. The van der Waals surface area contributed by atoms with Gasteiger partial charge in [0.1, 0.15) is 0 Å². The molecule has 0 aromatic heterocycles. The fourth-order valence-electron chi connectivity index (χ4n) is 1.34. The van der Waals surface area contributed by atoms with Crippen LogP contribution in [0.4, 0.5) is 0 Å². The SMILES string of the molecule is CC(C)CC(=O)C(=O)c1ccc(O)c(O)c1Cl. The van der Waals surface area contributed by atoms with Crippen LogP contribution in [-0.2, 0) is 4.79 Å². The first-order chi connectivity index (χ1) is 7.84. The molecule has 1 aromatic carbocycles. The molecule has 0 amide bonds. The summed E-state index contributed by atoms with van der Waals surface area (Å²) in [5.41, 5.74) is -0.0902. The van der Waals surface area contributed by atoms with E-state index in [-0.39, 0.29) is 22.9 Å². The average molecular weight is 257 g/mol. The molecule has 0 fully saturated rings. The molecule has 0 aliphatic heterocycles. The van der Waals surface area contributed by atoms with Crippen LogP contribution in [0, 0.1) is 5.92 Å². The molecule has 0 heterocycles. The Bertz CT molecular complexity index is 466. The van der Waals surface area contributed by atoms with Crippen molar-refractivity contribution >= 4 is 23.2 Å². The van der Waals surface area contributed by atoms with Crippen molar-refractivity contribution in [2.45, 2.75) is 20.3 Å². The molecule has 1 rings (SSSR count). The highest BCUT2D eigenvalue weighted by Crippen LogP contribution is 2.35. The van der Waals surface area contributed by atoms with Crippen LogP contribution in [0.3, 0.4) is 0 Å². The van der Waals surface area contributed by atoms with Gasteiger partial charge in [0.15, 0.2) is 11.5 Å². The standard InChI is InChI=1S/C12H13ClO4/c1-6(2)5-9(15)11(16)7-3-4-8(14)12(17)10(7)13/h3-4,6,14,17H,5H2,1-2H3. The van der Waals surface area contributed by atoms with Gasteiger partial charge in [0, 0.05) is 12.0 Å². The summed E-state index contributed by atoms with van der Waals surface area (Å²) in [6, 6.07) is 2.34. The number of Topliss-reactive ketones (excluding diaryl/α,β-unsaturated/α-hetero) is 2. The molecule has 0 saturated heterocycles. The Morgan fingerprint density at radius 2 is 1.88 bits per heavy atom. The van der Waals surface area contributed by atoms with Gasteiger partial charge in [-0.2, -0.15) is 0 Å². The summed E-state index contributed by atoms with van der Waals surface area (Å²) in [6.45, 7) is 3.64. The second-order valence-corrected chi connectivity index (χ2v) is 4.52. The van der Waals surface area contributed by atoms with E-state index in [1.165, 1.54) is 6.07 Å². The molecule has 0 saturated carbocycles. The van der Waals surface area contributed by atoms with Crippen LogP contribution in [-0.4, -0.2) is 21.8 Å². The number of hydrogen-bond acceptors (Lipinski definition) is 4. The number of halogens is 1. The molecular formula is C12H13ClO4. The van der Waals surface area contributed by atoms with E-state index in [1.54, 1.807) is 0 Å². The monoisotopic (exact) mass is 256 g/mol. The Hall–Kier alpha value is -1.55. The van der Waals surface area contributed by atoms with Crippen molar-refractivity contribution < 1.29 is 19.8 Å². The first-order valence-electron chi connectivity index (χ1n) is 5.12. The maximum Gasteiger partial charge on any atom is 0.230 e. The normalized spacial score (nSPS) is 10.6. The summed E-state index contributed by atoms with van der Waals surface area (Å²) in [5.74, 6) is -2.26. The van der Waals surface area contributed by atoms with E-state index in [4.69, 9.17) is 16.7 Å². The molecule has 0 atom stereocenters. The number of carbonyl (C=O) groups is 2. The minimum atomic E-state index is -0.751. The molecule has 92 valence electrons. The van der Waals surface area contributed by atoms with Crippen LogP contribution in [0.5, 0.6) is 11.5 Å². The number of phenolic OH excluding ortho intramolecular Hbond substituents is 2. The van der Waals surface area contributed by atoms with Crippen molar-refractivity contribution in [3.8, 4) is 11.5 Å². The average Bonchev–Trinajstić information content (AvgIpc) is 2.24. The second-order valence-electron chi connectivity index (χ2n) is 4.15. The zero-order chi connectivity index (χ0) is 13.2. The van der Waals surface area contributed by atoms with Crippen LogP contribution in [0.1, 0.15) is 30.6 Å². The minimum absolute atomic E-state index is 0.0657. The molecule has 0 radical (unpaired) electrons. The Balaban J connectivity index is 3.05. The lowest BCUT2D eigenvalue weighted by molar-refractivity contribution is -0.115. The first kappa shape index (κ1) is 13.5. The van der Waals surface area contributed by atoms with Crippen molar-refractivity contribution in [3.63, 3.8) is 0 Å². The molecule has 4 nitrogen and oxygen atoms in total. The van der Waals surface area contributed by atoms with Gasteiger partial charge in [-0.15, -0.1) is 0 Å². The Morgan fingerprint density at radius 3 is 2.41 bits per heavy atom. The molecule has 0 bridgehead atoms. The predicted molar refractivity (Wildman–Crippen MR) is 63.6 cm³/mol. The number of benzene rings is 1. The van der Waals surface area contributed by atoms with Gasteiger partial charge < -0.3 is 10.2 Å². The highest BCUT2D eigenvalue weighted by atomic mass is 35.5. The Labute approximate surface area is 104 Å². The van der Waals surface area contributed by atoms with Gasteiger partial charge in [0.25, 0.3) is 0 Å². The smallest absolute Gasteiger partial charge is 0.230 e. The molecule has 0 spiro atoms. The van der Waals surface area contributed by atoms with Gasteiger partial charge >= 0.3 is 0 Å². The van der Waals surface area contributed by atoms with Crippen LogP contribution < -0.4 is 0 Å². The van der Waals surface area contributed by atoms with Crippen molar-refractivity contribution in [1.29, 1.82) is 0 Å². The molecule has 0 unspecified atom stereocenters. The molecule has 5 heteroatoms.